The molecule has 0 aliphatic rings. The van der Waals surface area contributed by atoms with Crippen molar-refractivity contribution in [2.24, 2.45) is 0 Å². The van der Waals surface area contributed by atoms with E-state index in [0.717, 1.165) is 11.1 Å². The second-order valence-corrected chi connectivity index (χ2v) is 8.20. The quantitative estimate of drug-likeness (QED) is 0.245. The molecule has 0 amide bonds. The molecule has 0 aliphatic heterocycles. The molecule has 4 aromatic rings. The van der Waals surface area contributed by atoms with E-state index in [1.165, 1.54) is 16.3 Å². The zero-order valence-corrected chi connectivity index (χ0v) is 18.4. The van der Waals surface area contributed by atoms with Crippen LogP contribution in [0, 0.1) is 13.8 Å². The first-order chi connectivity index (χ1) is 15.0. The molecule has 0 N–H and O–H groups in total. The topological polar surface area (TPSA) is 61.2 Å². The lowest BCUT2D eigenvalue weighted by molar-refractivity contribution is 0.102. The van der Waals surface area contributed by atoms with Crippen LogP contribution in [-0.2, 0) is 0 Å². The summed E-state index contributed by atoms with van der Waals surface area (Å²) in [4.78, 5) is 31.1. The number of carbonyl (C=O) groups is 1. The maximum atomic E-state index is 13.4. The van der Waals surface area contributed by atoms with Gasteiger partial charge < -0.3 is 4.74 Å². The summed E-state index contributed by atoms with van der Waals surface area (Å²) in [5, 5.41) is 0.963. The number of aryl methyl sites for hydroxylation is 2. The number of aromatic nitrogens is 2. The van der Waals surface area contributed by atoms with E-state index in [-0.39, 0.29) is 17.1 Å². The van der Waals surface area contributed by atoms with Gasteiger partial charge in [0.2, 0.25) is 0 Å². The Labute approximate surface area is 184 Å². The van der Waals surface area contributed by atoms with Gasteiger partial charge in [-0.05, 0) is 49.7 Å². The molecule has 6 heteroatoms. The monoisotopic (exact) mass is 430 g/mol. The molecule has 156 valence electrons. The fourth-order valence-corrected chi connectivity index (χ4v) is 4.37. The first-order valence-electron chi connectivity index (χ1n) is 9.88. The predicted molar refractivity (Wildman–Crippen MR) is 125 cm³/mol. The number of Topliss-reactive ketones (excluding diaryl/α,β-unsaturated/α-hetero) is 1. The molecule has 5 nitrogen and oxygen atoms in total. The van der Waals surface area contributed by atoms with E-state index in [0.29, 0.717) is 33.1 Å². The van der Waals surface area contributed by atoms with Crippen molar-refractivity contribution < 1.29 is 9.53 Å². The summed E-state index contributed by atoms with van der Waals surface area (Å²) in [6.45, 7) is 3.89. The van der Waals surface area contributed by atoms with Crippen molar-refractivity contribution in [3.8, 4) is 11.4 Å². The Kier molecular flexibility index (Phi) is 5.91. The van der Waals surface area contributed by atoms with Gasteiger partial charge in [0.25, 0.3) is 5.56 Å². The Morgan fingerprint density at radius 3 is 2.58 bits per heavy atom. The van der Waals surface area contributed by atoms with Crippen LogP contribution >= 0.6 is 11.8 Å². The SMILES string of the molecule is COc1ccccc1-n1c(SCC(=O)c2cc(C)ccc2C)nc2ccccc2c1=O. The fraction of sp³-hybridized carbons (Fsp3) is 0.160. The van der Waals surface area contributed by atoms with E-state index in [4.69, 9.17) is 9.72 Å². The van der Waals surface area contributed by atoms with E-state index in [2.05, 4.69) is 0 Å². The summed E-state index contributed by atoms with van der Waals surface area (Å²) in [6.07, 6.45) is 0. The fourth-order valence-electron chi connectivity index (χ4n) is 3.48. The van der Waals surface area contributed by atoms with Gasteiger partial charge in [-0.2, -0.15) is 0 Å². The van der Waals surface area contributed by atoms with Crippen molar-refractivity contribution in [3.05, 3.63) is 93.8 Å². The number of para-hydroxylation sites is 3. The Morgan fingerprint density at radius 2 is 1.77 bits per heavy atom. The maximum Gasteiger partial charge on any atom is 0.266 e. The van der Waals surface area contributed by atoms with E-state index in [1.807, 2.05) is 62.4 Å². The average molecular weight is 431 g/mol. The number of thioether (sulfide) groups is 1. The summed E-state index contributed by atoms with van der Waals surface area (Å²) in [7, 11) is 1.56. The highest BCUT2D eigenvalue weighted by Gasteiger charge is 2.18. The number of benzene rings is 3. The maximum absolute atomic E-state index is 13.4. The van der Waals surface area contributed by atoms with E-state index < -0.39 is 0 Å². The molecule has 1 aromatic heterocycles. The van der Waals surface area contributed by atoms with Crippen LogP contribution in [0.25, 0.3) is 16.6 Å². The Hall–Kier alpha value is -3.38. The van der Waals surface area contributed by atoms with E-state index >= 15 is 0 Å². The average Bonchev–Trinajstić information content (AvgIpc) is 2.79. The van der Waals surface area contributed by atoms with Crippen molar-refractivity contribution in [1.29, 1.82) is 0 Å². The van der Waals surface area contributed by atoms with E-state index in [1.54, 1.807) is 25.3 Å². The highest BCUT2D eigenvalue weighted by Crippen LogP contribution is 2.27. The molecule has 0 bridgehead atoms. The van der Waals surface area contributed by atoms with Crippen LogP contribution in [0.3, 0.4) is 0 Å². The summed E-state index contributed by atoms with van der Waals surface area (Å²) in [5.41, 5.74) is 3.66. The van der Waals surface area contributed by atoms with Gasteiger partial charge in [0.15, 0.2) is 10.9 Å². The second-order valence-electron chi connectivity index (χ2n) is 7.25. The summed E-state index contributed by atoms with van der Waals surface area (Å²) in [5.74, 6) is 0.731. The van der Waals surface area contributed by atoms with Gasteiger partial charge in [-0.25, -0.2) is 4.98 Å². The molecule has 31 heavy (non-hydrogen) atoms. The van der Waals surface area contributed by atoms with Crippen LogP contribution < -0.4 is 10.3 Å². The van der Waals surface area contributed by atoms with Crippen LogP contribution in [0.2, 0.25) is 0 Å². The van der Waals surface area contributed by atoms with Crippen LogP contribution in [0.4, 0.5) is 0 Å². The molecule has 1 heterocycles. The highest BCUT2D eigenvalue weighted by molar-refractivity contribution is 7.99. The zero-order valence-electron chi connectivity index (χ0n) is 17.6. The molecule has 0 aliphatic carbocycles. The number of hydrogen-bond acceptors (Lipinski definition) is 5. The Morgan fingerprint density at radius 1 is 1.03 bits per heavy atom. The number of nitrogens with zero attached hydrogens (tertiary/aromatic N) is 2. The lowest BCUT2D eigenvalue weighted by Gasteiger charge is -2.15. The van der Waals surface area contributed by atoms with E-state index in [9.17, 15) is 9.59 Å². The first-order valence-corrected chi connectivity index (χ1v) is 10.9. The van der Waals surface area contributed by atoms with Gasteiger partial charge in [0, 0.05) is 5.56 Å². The molecule has 0 spiro atoms. The van der Waals surface area contributed by atoms with Crippen molar-refractivity contribution in [1.82, 2.24) is 9.55 Å². The standard InChI is InChI=1S/C25H22N2O3S/c1-16-12-13-17(2)19(14-16)22(28)15-31-25-26-20-9-5-4-8-18(20)24(29)27(25)21-10-6-7-11-23(21)30-3/h4-14H,15H2,1-3H3. The molecule has 0 saturated carbocycles. The van der Waals surface area contributed by atoms with Gasteiger partial charge in [0.05, 0.1) is 29.5 Å². The van der Waals surface area contributed by atoms with Crippen LogP contribution in [0.5, 0.6) is 5.75 Å². The largest absolute Gasteiger partial charge is 0.495 e. The van der Waals surface area contributed by atoms with Gasteiger partial charge >= 0.3 is 0 Å². The number of hydrogen-bond donors (Lipinski definition) is 0. The van der Waals surface area contributed by atoms with Crippen molar-refractivity contribution in [3.63, 3.8) is 0 Å². The Balaban J connectivity index is 1.80. The third-order valence-corrected chi connectivity index (χ3v) is 6.04. The molecule has 0 radical (unpaired) electrons. The number of carbonyl (C=O) groups excluding carboxylic acids is 1. The number of fused-ring (bicyclic) bond motifs is 1. The van der Waals surface area contributed by atoms with Gasteiger partial charge in [-0.3, -0.25) is 14.2 Å². The van der Waals surface area contributed by atoms with Crippen LogP contribution in [-0.4, -0.2) is 28.2 Å². The lowest BCUT2D eigenvalue weighted by atomic mass is 10.0. The van der Waals surface area contributed by atoms with Gasteiger partial charge in [-0.15, -0.1) is 0 Å². The van der Waals surface area contributed by atoms with Crippen molar-refractivity contribution in [2.45, 2.75) is 19.0 Å². The minimum atomic E-state index is -0.197. The summed E-state index contributed by atoms with van der Waals surface area (Å²) >= 11 is 1.25. The molecule has 4 rings (SSSR count). The predicted octanol–water partition coefficient (Wildman–Crippen LogP) is 4.99. The molecule has 0 fully saturated rings. The third kappa shape index (κ3) is 4.11. The smallest absolute Gasteiger partial charge is 0.266 e. The molecular formula is C25H22N2O3S. The molecule has 0 unspecified atom stereocenters. The van der Waals surface area contributed by atoms with Crippen molar-refractivity contribution >= 4 is 28.4 Å². The number of ether oxygens (including phenoxy) is 1. The number of ketones is 1. The summed E-state index contributed by atoms with van der Waals surface area (Å²) < 4.78 is 7.01. The van der Waals surface area contributed by atoms with Crippen LogP contribution in [0.1, 0.15) is 21.5 Å². The lowest BCUT2D eigenvalue weighted by Crippen LogP contribution is -2.22. The molecular weight excluding hydrogens is 408 g/mol. The second kappa shape index (κ2) is 8.78. The van der Waals surface area contributed by atoms with Gasteiger partial charge in [0.1, 0.15) is 5.75 Å². The molecule has 0 atom stereocenters. The first kappa shape index (κ1) is 20.9. The van der Waals surface area contributed by atoms with Crippen molar-refractivity contribution in [2.75, 3.05) is 12.9 Å². The van der Waals surface area contributed by atoms with Gasteiger partial charge in [-0.1, -0.05) is 53.7 Å². The van der Waals surface area contributed by atoms with Crippen LogP contribution in [0.15, 0.2) is 76.7 Å². The number of methoxy groups -OCH3 is 1. The minimum Gasteiger partial charge on any atom is -0.495 e. The Bertz CT molecular complexity index is 1340. The molecule has 3 aromatic carbocycles. The summed E-state index contributed by atoms with van der Waals surface area (Å²) in [6, 6.07) is 20.4. The zero-order chi connectivity index (χ0) is 22.0. The highest BCUT2D eigenvalue weighted by atomic mass is 32.2. The molecule has 0 saturated heterocycles. The normalized spacial score (nSPS) is 10.9. The third-order valence-electron chi connectivity index (χ3n) is 5.10. The minimum absolute atomic E-state index is 0.000171. The number of rotatable bonds is 6.